The Morgan fingerprint density at radius 1 is 1.57 bits per heavy atom. The molecule has 0 unspecified atom stereocenters. The van der Waals surface area contributed by atoms with E-state index in [1.54, 1.807) is 18.2 Å². The number of hydrogen-bond acceptors (Lipinski definition) is 3. The van der Waals surface area contributed by atoms with E-state index in [1.807, 2.05) is 0 Å². The number of ether oxygens (including phenoxy) is 1. The van der Waals surface area contributed by atoms with E-state index in [4.69, 9.17) is 9.84 Å². The number of benzene rings is 1. The quantitative estimate of drug-likeness (QED) is 0.515. The molecule has 14 heavy (non-hydrogen) atoms. The van der Waals surface area contributed by atoms with Crippen LogP contribution in [-0.2, 0) is 11.3 Å². The largest absolute Gasteiger partial charge is 0.467 e. The third-order valence-corrected chi connectivity index (χ3v) is 2.85. The summed E-state index contributed by atoms with van der Waals surface area (Å²) in [7, 11) is 3.05. The van der Waals surface area contributed by atoms with Crippen LogP contribution in [0, 0.1) is 3.57 Å². The molecule has 3 nitrogen and oxygen atoms in total. The van der Waals surface area contributed by atoms with Gasteiger partial charge in [0.25, 0.3) is 0 Å². The van der Waals surface area contributed by atoms with E-state index in [1.165, 1.54) is 0 Å². The van der Waals surface area contributed by atoms with Crippen LogP contribution in [0.2, 0.25) is 0 Å². The number of halogens is 1. The molecule has 0 aliphatic carbocycles. The summed E-state index contributed by atoms with van der Waals surface area (Å²) >= 11 is 2.10. The average molecular weight is 319 g/mol. The molecule has 0 saturated heterocycles. The van der Waals surface area contributed by atoms with Crippen molar-refractivity contribution in [1.82, 2.24) is 0 Å². The van der Waals surface area contributed by atoms with Crippen molar-refractivity contribution in [3.63, 3.8) is 0 Å². The molecule has 0 heterocycles. The highest BCUT2D eigenvalue weighted by atomic mass is 127. The van der Waals surface area contributed by atoms with Gasteiger partial charge in [-0.1, -0.05) is 0 Å². The highest BCUT2D eigenvalue weighted by Crippen LogP contribution is 2.15. The fourth-order valence-electron chi connectivity index (χ4n) is 0.972. The maximum absolute atomic E-state index is 11.3. The molecule has 73 valence electrons. The molecule has 0 spiro atoms. The van der Waals surface area contributed by atoms with E-state index >= 15 is 0 Å². The van der Waals surface area contributed by atoms with E-state index < -0.39 is 5.97 Å². The second-order valence-electron chi connectivity index (χ2n) is 2.54. The Labute approximate surface area is 99.0 Å². The minimum Gasteiger partial charge on any atom is -0.467 e. The van der Waals surface area contributed by atoms with Crippen LogP contribution < -0.4 is 0 Å². The van der Waals surface area contributed by atoms with E-state index in [2.05, 4.69) is 32.8 Å². The Kier molecular flexibility index (Phi) is 4.56. The van der Waals surface area contributed by atoms with Crippen LogP contribution in [0.15, 0.2) is 18.2 Å². The van der Waals surface area contributed by atoms with Crippen molar-refractivity contribution in [3.05, 3.63) is 32.9 Å². The molecule has 0 atom stereocenters. The molecule has 1 aromatic rings. The number of carbonyl (C=O) groups is 1. The molecule has 0 bridgehead atoms. The molecule has 1 aromatic carbocycles. The van der Waals surface area contributed by atoms with Crippen LogP contribution in [0.1, 0.15) is 15.9 Å². The lowest BCUT2D eigenvalue weighted by atomic mass is 10.1. The van der Waals surface area contributed by atoms with Crippen LogP contribution in [0.4, 0.5) is 0 Å². The summed E-state index contributed by atoms with van der Waals surface area (Å²) in [5.41, 5.74) is 1.18. The minimum atomic E-state index is -0.397. The predicted octanol–water partition coefficient (Wildman–Crippen LogP) is 1.07. The van der Waals surface area contributed by atoms with Crippen molar-refractivity contribution >= 4 is 38.8 Å². The van der Waals surface area contributed by atoms with Crippen molar-refractivity contribution in [3.8, 4) is 0 Å². The molecule has 0 saturated carbocycles. The van der Waals surface area contributed by atoms with Crippen molar-refractivity contribution < 1.29 is 14.6 Å². The molecule has 1 rings (SSSR count). The number of hydrogen-bond donors (Lipinski definition) is 1. The van der Waals surface area contributed by atoms with Crippen LogP contribution in [-0.4, -0.2) is 27.5 Å². The third kappa shape index (κ3) is 2.79. The molecule has 0 amide bonds. The monoisotopic (exact) mass is 319 g/mol. The first-order valence-electron chi connectivity index (χ1n) is 3.90. The van der Waals surface area contributed by atoms with Gasteiger partial charge in [0.1, 0.15) is 0 Å². The van der Waals surface area contributed by atoms with Gasteiger partial charge in [-0.05, 0) is 46.4 Å². The SMILES string of the molecule is O=C(OC[Si])c1ccc(I)c(CO)c1. The van der Waals surface area contributed by atoms with E-state index in [0.717, 1.165) is 9.13 Å². The molecule has 0 fully saturated rings. The van der Waals surface area contributed by atoms with E-state index in [-0.39, 0.29) is 12.8 Å². The van der Waals surface area contributed by atoms with Gasteiger partial charge in [-0.2, -0.15) is 0 Å². The molecule has 3 radical (unpaired) electrons. The van der Waals surface area contributed by atoms with Gasteiger partial charge in [0.2, 0.25) is 0 Å². The minimum absolute atomic E-state index is 0.0761. The van der Waals surface area contributed by atoms with Crippen LogP contribution in [0.25, 0.3) is 0 Å². The second-order valence-corrected chi connectivity index (χ2v) is 3.99. The molecular weight excluding hydrogens is 311 g/mol. The maximum Gasteiger partial charge on any atom is 0.337 e. The number of rotatable bonds is 3. The van der Waals surface area contributed by atoms with Gasteiger partial charge in [-0.15, -0.1) is 0 Å². The topological polar surface area (TPSA) is 46.5 Å². The Balaban J connectivity index is 2.94. The summed E-state index contributed by atoms with van der Waals surface area (Å²) in [5.74, 6) is -0.397. The first-order chi connectivity index (χ1) is 6.69. The number of carbonyl (C=O) groups excluding carboxylic acids is 1. The van der Waals surface area contributed by atoms with Crippen molar-refractivity contribution in [2.45, 2.75) is 6.61 Å². The molecule has 5 heteroatoms. The summed E-state index contributed by atoms with van der Waals surface area (Å²) in [6, 6.07) is 5.08. The molecule has 0 aliphatic rings. The van der Waals surface area contributed by atoms with Gasteiger partial charge in [-0.25, -0.2) is 4.79 Å². The van der Waals surface area contributed by atoms with Crippen molar-refractivity contribution in [2.24, 2.45) is 0 Å². The molecule has 0 aromatic heterocycles. The zero-order chi connectivity index (χ0) is 10.6. The second kappa shape index (κ2) is 5.47. The lowest BCUT2D eigenvalue weighted by Gasteiger charge is -2.05. The highest BCUT2D eigenvalue weighted by Gasteiger charge is 2.08. The van der Waals surface area contributed by atoms with Crippen molar-refractivity contribution in [1.29, 1.82) is 0 Å². The van der Waals surface area contributed by atoms with Gasteiger partial charge in [-0.3, -0.25) is 0 Å². The molecule has 0 aliphatic heterocycles. The number of aliphatic hydroxyl groups excluding tert-OH is 1. The van der Waals surface area contributed by atoms with Gasteiger partial charge < -0.3 is 9.84 Å². The van der Waals surface area contributed by atoms with Gasteiger partial charge in [0.15, 0.2) is 0 Å². The van der Waals surface area contributed by atoms with E-state index in [0.29, 0.717) is 5.56 Å². The lowest BCUT2D eigenvalue weighted by Crippen LogP contribution is -2.07. The summed E-state index contributed by atoms with van der Waals surface area (Å²) in [4.78, 5) is 11.3. The smallest absolute Gasteiger partial charge is 0.337 e. The van der Waals surface area contributed by atoms with Crippen LogP contribution in [0.3, 0.4) is 0 Å². The standard InChI is InChI=1S/C9H8IO3Si/c10-8-2-1-6(3-7(8)4-11)9(12)13-5-14/h1-3,11H,4-5H2. The zero-order valence-corrected chi connectivity index (χ0v) is 10.4. The summed E-state index contributed by atoms with van der Waals surface area (Å²) < 4.78 is 5.69. The van der Waals surface area contributed by atoms with Crippen LogP contribution >= 0.6 is 22.6 Å². The number of aliphatic hydroxyl groups is 1. The summed E-state index contributed by atoms with van der Waals surface area (Å²) in [6.07, 6.45) is 0.166. The predicted molar refractivity (Wildman–Crippen MR) is 61.1 cm³/mol. The third-order valence-electron chi connectivity index (χ3n) is 1.66. The van der Waals surface area contributed by atoms with Crippen LogP contribution in [0.5, 0.6) is 0 Å². The molecular formula is C9H8IO3Si. The lowest BCUT2D eigenvalue weighted by molar-refractivity contribution is 0.0573. The first kappa shape index (κ1) is 11.7. The Hall–Kier alpha value is -0.403. The van der Waals surface area contributed by atoms with Gasteiger partial charge in [0.05, 0.1) is 28.6 Å². The maximum atomic E-state index is 11.3. The highest BCUT2D eigenvalue weighted by molar-refractivity contribution is 14.1. The van der Waals surface area contributed by atoms with Gasteiger partial charge in [0, 0.05) is 3.57 Å². The average Bonchev–Trinajstić information content (AvgIpc) is 2.19. The fourth-order valence-corrected chi connectivity index (χ4v) is 1.61. The Morgan fingerprint density at radius 3 is 2.86 bits per heavy atom. The van der Waals surface area contributed by atoms with Crippen molar-refractivity contribution in [2.75, 3.05) is 6.23 Å². The molecule has 1 N–H and O–H groups in total. The zero-order valence-electron chi connectivity index (χ0n) is 7.29. The normalized spacial score (nSPS) is 9.93. The van der Waals surface area contributed by atoms with Gasteiger partial charge >= 0.3 is 5.97 Å². The Bertz CT molecular complexity index is 341. The summed E-state index contributed by atoms with van der Waals surface area (Å²) in [6.45, 7) is -0.0761. The van der Waals surface area contributed by atoms with E-state index in [9.17, 15) is 4.79 Å². The summed E-state index contributed by atoms with van der Waals surface area (Å²) in [5, 5.41) is 8.99. The first-order valence-corrected chi connectivity index (χ1v) is 5.68. The Morgan fingerprint density at radius 2 is 2.29 bits per heavy atom. The number of esters is 1. The fraction of sp³-hybridized carbons (Fsp3) is 0.222.